The Labute approximate surface area is 250 Å². The fourth-order valence-corrected chi connectivity index (χ4v) is 7.11. The molecular weight excluding hydrogens is 636 g/mol. The second-order valence-corrected chi connectivity index (χ2v) is 13.3. The average Bonchev–Trinajstić information content (AvgIpc) is 3.71. The fourth-order valence-electron chi connectivity index (χ4n) is 5.11. The molecule has 2 aliphatic rings. The first-order valence-electron chi connectivity index (χ1n) is 13.0. The number of thiazole rings is 1. The van der Waals surface area contributed by atoms with Gasteiger partial charge in [0.25, 0.3) is 0 Å². The minimum absolute atomic E-state index is 0.0445. The highest BCUT2D eigenvalue weighted by molar-refractivity contribution is 7.91. The van der Waals surface area contributed by atoms with Crippen LogP contribution in [0, 0.1) is 16.1 Å². The van der Waals surface area contributed by atoms with Crippen molar-refractivity contribution in [2.24, 2.45) is 5.16 Å². The third-order valence-electron chi connectivity index (χ3n) is 7.26. The molecule has 0 spiro atoms. The molecule has 3 aromatic rings. The molecule has 10 nitrogen and oxygen atoms in total. The number of likely N-dealkylation sites (tertiary alicyclic amines) is 1. The summed E-state index contributed by atoms with van der Waals surface area (Å²) in [6, 6.07) is 6.56. The van der Waals surface area contributed by atoms with E-state index in [2.05, 4.69) is 15.2 Å². The van der Waals surface area contributed by atoms with Crippen molar-refractivity contribution in [3.05, 3.63) is 62.9 Å². The van der Waals surface area contributed by atoms with E-state index < -0.39 is 52.0 Å². The SMILES string of the molecule is CS(=N)(=O)c1cccc(C#N)c1C1CC(c2csc(C3CCN(C(=O)Cn4nc(C(F)(F)F)cc4C(F)(F)F)CC3)n2)=NO1. The maximum atomic E-state index is 13.3. The van der Waals surface area contributed by atoms with Gasteiger partial charge in [0.2, 0.25) is 5.91 Å². The van der Waals surface area contributed by atoms with Gasteiger partial charge in [0.1, 0.15) is 18.0 Å². The monoisotopic (exact) mass is 659 g/mol. The molecule has 2 aliphatic heterocycles. The van der Waals surface area contributed by atoms with Gasteiger partial charge in [-0.2, -0.15) is 36.7 Å². The van der Waals surface area contributed by atoms with E-state index in [-0.39, 0.29) is 46.6 Å². The molecule has 234 valence electrons. The second kappa shape index (κ2) is 11.5. The van der Waals surface area contributed by atoms with Crippen LogP contribution in [0.4, 0.5) is 26.3 Å². The summed E-state index contributed by atoms with van der Waals surface area (Å²) in [7, 11) is -3.16. The molecule has 18 heteroatoms. The quantitative estimate of drug-likeness (QED) is 0.344. The highest BCUT2D eigenvalue weighted by Crippen LogP contribution is 2.38. The van der Waals surface area contributed by atoms with E-state index in [4.69, 9.17) is 9.62 Å². The van der Waals surface area contributed by atoms with Crippen LogP contribution in [0.25, 0.3) is 0 Å². The number of nitrogens with one attached hydrogen (secondary N) is 1. The van der Waals surface area contributed by atoms with E-state index >= 15 is 0 Å². The van der Waals surface area contributed by atoms with Gasteiger partial charge < -0.3 is 9.74 Å². The summed E-state index contributed by atoms with van der Waals surface area (Å²) in [5.41, 5.74) is -1.78. The summed E-state index contributed by atoms with van der Waals surface area (Å²) in [5, 5.41) is 19.2. The highest BCUT2D eigenvalue weighted by Gasteiger charge is 2.42. The summed E-state index contributed by atoms with van der Waals surface area (Å²) < 4.78 is 99.4. The predicted molar refractivity (Wildman–Crippen MR) is 144 cm³/mol. The molecule has 1 aromatic carbocycles. The second-order valence-electron chi connectivity index (χ2n) is 10.3. The Kier molecular flexibility index (Phi) is 8.22. The Morgan fingerprint density at radius 3 is 2.52 bits per heavy atom. The first kappa shape index (κ1) is 31.4. The summed E-state index contributed by atoms with van der Waals surface area (Å²) in [6.07, 6.45) is -8.62. The van der Waals surface area contributed by atoms with Crippen molar-refractivity contribution in [1.29, 1.82) is 10.0 Å². The van der Waals surface area contributed by atoms with Crippen LogP contribution in [-0.4, -0.2) is 54.8 Å². The van der Waals surface area contributed by atoms with Gasteiger partial charge in [0.05, 0.1) is 37.0 Å². The number of rotatable bonds is 6. The predicted octanol–water partition coefficient (Wildman–Crippen LogP) is 5.56. The van der Waals surface area contributed by atoms with Crippen LogP contribution in [0.15, 0.2) is 39.7 Å². The maximum absolute atomic E-state index is 13.3. The van der Waals surface area contributed by atoms with Crippen LogP contribution in [-0.2, 0) is 38.3 Å². The van der Waals surface area contributed by atoms with Crippen molar-refractivity contribution in [1.82, 2.24) is 19.7 Å². The Hall–Kier alpha value is -3.98. The van der Waals surface area contributed by atoms with Gasteiger partial charge in [-0.15, -0.1) is 11.3 Å². The first-order chi connectivity index (χ1) is 20.6. The van der Waals surface area contributed by atoms with Crippen molar-refractivity contribution in [2.75, 3.05) is 19.3 Å². The number of oxime groups is 1. The zero-order chi connectivity index (χ0) is 32.0. The molecule has 1 saturated heterocycles. The zero-order valence-electron chi connectivity index (χ0n) is 22.8. The van der Waals surface area contributed by atoms with Crippen LogP contribution in [0.1, 0.15) is 64.5 Å². The number of nitrogens with zero attached hydrogens (tertiary/aromatic N) is 6. The number of carbonyl (C=O) groups is 1. The molecule has 0 saturated carbocycles. The number of hydrogen-bond donors (Lipinski definition) is 1. The molecule has 0 aliphatic carbocycles. The van der Waals surface area contributed by atoms with Crippen LogP contribution < -0.4 is 0 Å². The molecule has 5 rings (SSSR count). The van der Waals surface area contributed by atoms with Crippen molar-refractivity contribution < 1.29 is 40.2 Å². The van der Waals surface area contributed by atoms with Gasteiger partial charge in [0, 0.05) is 48.7 Å². The molecule has 1 fully saturated rings. The van der Waals surface area contributed by atoms with Gasteiger partial charge in [-0.25, -0.2) is 14.0 Å². The largest absolute Gasteiger partial charge is 0.435 e. The fraction of sp³-hybridized carbons (Fsp3) is 0.423. The lowest BCUT2D eigenvalue weighted by Gasteiger charge is -2.31. The topological polar surface area (TPSA) is 137 Å². The van der Waals surface area contributed by atoms with Crippen molar-refractivity contribution in [2.45, 2.75) is 55.1 Å². The molecule has 1 N–H and O–H groups in total. The lowest BCUT2D eigenvalue weighted by Crippen LogP contribution is -2.40. The van der Waals surface area contributed by atoms with Gasteiger partial charge in [-0.1, -0.05) is 11.2 Å². The van der Waals surface area contributed by atoms with Crippen LogP contribution in [0.3, 0.4) is 0 Å². The number of nitriles is 1. The molecular formula is C26H23F6N7O3S2. The number of hydrogen-bond acceptors (Lipinski definition) is 9. The van der Waals surface area contributed by atoms with E-state index in [0.717, 1.165) is 5.01 Å². The van der Waals surface area contributed by atoms with E-state index in [9.17, 15) is 40.6 Å². The van der Waals surface area contributed by atoms with Crippen molar-refractivity contribution in [3.63, 3.8) is 0 Å². The standard InChI is InChI=1S/C26H23F6N7O3S2/c1-44(34,41)19-4-2-3-15(11-33)23(19)18-9-16(37-42-18)17-13-43-24(35-17)14-5-7-38(8-6-14)22(40)12-39-21(26(30,31)32)10-20(36-39)25(27,28)29/h2-4,10,13-14,18,34H,5-9,12H2,1H3. The summed E-state index contributed by atoms with van der Waals surface area (Å²) in [6.45, 7) is -0.658. The summed E-state index contributed by atoms with van der Waals surface area (Å²) in [4.78, 5) is 24.5. The Morgan fingerprint density at radius 1 is 1.20 bits per heavy atom. The molecule has 0 radical (unpaired) electrons. The number of aromatic nitrogens is 3. The molecule has 44 heavy (non-hydrogen) atoms. The Morgan fingerprint density at radius 2 is 1.91 bits per heavy atom. The molecule has 2 aromatic heterocycles. The van der Waals surface area contributed by atoms with E-state index in [1.807, 2.05) is 6.07 Å². The molecule has 2 unspecified atom stereocenters. The van der Waals surface area contributed by atoms with E-state index in [1.54, 1.807) is 17.5 Å². The average molecular weight is 660 g/mol. The number of carbonyl (C=O) groups excluding carboxylic acids is 1. The summed E-state index contributed by atoms with van der Waals surface area (Å²) in [5.74, 6) is -0.863. The zero-order valence-corrected chi connectivity index (χ0v) is 24.4. The van der Waals surface area contributed by atoms with Crippen LogP contribution in [0.5, 0.6) is 0 Å². The summed E-state index contributed by atoms with van der Waals surface area (Å²) >= 11 is 1.35. The number of alkyl halides is 6. The third-order valence-corrected chi connectivity index (χ3v) is 9.46. The maximum Gasteiger partial charge on any atom is 0.435 e. The third kappa shape index (κ3) is 6.43. The van der Waals surface area contributed by atoms with E-state index in [1.165, 1.54) is 28.6 Å². The van der Waals surface area contributed by atoms with Gasteiger partial charge in [-0.3, -0.25) is 9.48 Å². The smallest absolute Gasteiger partial charge is 0.387 e. The van der Waals surface area contributed by atoms with E-state index in [0.29, 0.717) is 29.8 Å². The van der Waals surface area contributed by atoms with Crippen LogP contribution in [0.2, 0.25) is 0 Å². The minimum atomic E-state index is -5.12. The van der Waals surface area contributed by atoms with Gasteiger partial charge in [-0.05, 0) is 25.0 Å². The van der Waals surface area contributed by atoms with Gasteiger partial charge >= 0.3 is 12.4 Å². The molecule has 0 bridgehead atoms. The highest BCUT2D eigenvalue weighted by atomic mass is 32.2. The number of benzene rings is 1. The Balaban J connectivity index is 1.22. The number of halogens is 6. The normalized spacial score (nSPS) is 19.3. The first-order valence-corrected chi connectivity index (χ1v) is 15.9. The molecule has 1 amide bonds. The molecule has 2 atom stereocenters. The lowest BCUT2D eigenvalue weighted by molar-refractivity contribution is -0.146. The van der Waals surface area contributed by atoms with Gasteiger partial charge in [0.15, 0.2) is 11.8 Å². The van der Waals surface area contributed by atoms with Crippen molar-refractivity contribution in [3.8, 4) is 6.07 Å². The molecule has 4 heterocycles. The van der Waals surface area contributed by atoms with Crippen LogP contribution >= 0.6 is 11.3 Å². The number of amides is 1. The van der Waals surface area contributed by atoms with Crippen molar-refractivity contribution >= 4 is 32.7 Å². The number of piperidine rings is 1. The lowest BCUT2D eigenvalue weighted by atomic mass is 9.97. The Bertz CT molecular complexity index is 1760. The minimum Gasteiger partial charge on any atom is -0.387 e.